The number of fused-ring (bicyclic) bond motifs is 1. The molecule has 34 heavy (non-hydrogen) atoms. The van der Waals surface area contributed by atoms with Crippen molar-refractivity contribution in [3.8, 4) is 0 Å². The Balaban J connectivity index is 1.45. The van der Waals surface area contributed by atoms with E-state index in [1.165, 1.54) is 5.57 Å². The molecule has 3 aliphatic rings. The maximum Gasteiger partial charge on any atom is 0.257 e. The van der Waals surface area contributed by atoms with E-state index >= 15 is 0 Å². The first kappa shape index (κ1) is 23.0. The van der Waals surface area contributed by atoms with Crippen LogP contribution in [-0.2, 0) is 14.6 Å². The number of nitrogens with zero attached hydrogens (tertiary/aromatic N) is 3. The van der Waals surface area contributed by atoms with Crippen molar-refractivity contribution in [1.29, 1.82) is 0 Å². The van der Waals surface area contributed by atoms with E-state index in [1.54, 1.807) is 5.01 Å². The molecule has 1 saturated carbocycles. The van der Waals surface area contributed by atoms with E-state index < -0.39 is 9.84 Å². The summed E-state index contributed by atoms with van der Waals surface area (Å²) < 4.78 is 23.9. The molecule has 0 bridgehead atoms. The molecule has 6 nitrogen and oxygen atoms in total. The van der Waals surface area contributed by atoms with Crippen molar-refractivity contribution in [1.82, 2.24) is 9.91 Å². The normalized spacial score (nSPS) is 27.1. The van der Waals surface area contributed by atoms with Crippen LogP contribution in [0.1, 0.15) is 42.9 Å². The minimum Gasteiger partial charge on any atom is -0.293 e. The van der Waals surface area contributed by atoms with Crippen molar-refractivity contribution in [2.45, 2.75) is 37.8 Å². The lowest BCUT2D eigenvalue weighted by molar-refractivity contribution is -0.135. The zero-order valence-electron chi connectivity index (χ0n) is 19.5. The number of hydrazone groups is 1. The number of hydrogen-bond donors (Lipinski definition) is 0. The molecule has 2 aliphatic heterocycles. The largest absolute Gasteiger partial charge is 0.293 e. The zero-order chi connectivity index (χ0) is 23.7. The van der Waals surface area contributed by atoms with Crippen LogP contribution >= 0.6 is 0 Å². The third kappa shape index (κ3) is 4.72. The summed E-state index contributed by atoms with van der Waals surface area (Å²) >= 11 is 0. The van der Waals surface area contributed by atoms with Crippen LogP contribution in [0.5, 0.6) is 0 Å². The predicted octanol–water partition coefficient (Wildman–Crippen LogP) is 3.93. The Hall–Kier alpha value is -2.77. The van der Waals surface area contributed by atoms with Crippen molar-refractivity contribution >= 4 is 27.5 Å². The van der Waals surface area contributed by atoms with E-state index in [1.807, 2.05) is 48.3 Å². The average Bonchev–Trinajstić information content (AvgIpc) is 3.41. The topological polar surface area (TPSA) is 70.1 Å². The number of carbonyl (C=O) groups is 1. The van der Waals surface area contributed by atoms with Gasteiger partial charge in [-0.25, -0.2) is 13.4 Å². The molecule has 2 heterocycles. The first-order valence-electron chi connectivity index (χ1n) is 12.0. The second-order valence-corrected chi connectivity index (χ2v) is 11.9. The van der Waals surface area contributed by atoms with Crippen LogP contribution in [-0.4, -0.2) is 61.1 Å². The van der Waals surface area contributed by atoms with Gasteiger partial charge in [-0.2, -0.15) is 5.10 Å². The summed E-state index contributed by atoms with van der Waals surface area (Å²) in [7, 11) is -1.16. The summed E-state index contributed by atoms with van der Waals surface area (Å²) in [6, 6.07) is 20.2. The van der Waals surface area contributed by atoms with Crippen molar-refractivity contribution in [3.05, 3.63) is 77.4 Å². The van der Waals surface area contributed by atoms with Crippen molar-refractivity contribution < 1.29 is 13.2 Å². The molecule has 2 aromatic rings. The van der Waals surface area contributed by atoms with Crippen molar-refractivity contribution in [2.75, 3.05) is 25.1 Å². The van der Waals surface area contributed by atoms with E-state index in [-0.39, 0.29) is 42.0 Å². The summed E-state index contributed by atoms with van der Waals surface area (Å²) in [6.45, 7) is 0.157. The summed E-state index contributed by atoms with van der Waals surface area (Å²) in [5, 5.41) is 6.62. The molecule has 0 aromatic heterocycles. The van der Waals surface area contributed by atoms with Crippen LogP contribution in [0.2, 0.25) is 0 Å². The maximum atomic E-state index is 13.6. The van der Waals surface area contributed by atoms with E-state index in [4.69, 9.17) is 5.10 Å². The first-order chi connectivity index (χ1) is 16.4. The second kappa shape index (κ2) is 9.47. The molecule has 3 atom stereocenters. The Kier molecular flexibility index (Phi) is 6.40. The Morgan fingerprint density at radius 1 is 1.09 bits per heavy atom. The van der Waals surface area contributed by atoms with Gasteiger partial charge in [-0.1, -0.05) is 60.7 Å². The molecule has 1 aliphatic carbocycles. The third-order valence-corrected chi connectivity index (χ3v) is 9.01. The molecule has 1 amide bonds. The molecule has 1 saturated heterocycles. The van der Waals surface area contributed by atoms with E-state index in [9.17, 15) is 13.2 Å². The van der Waals surface area contributed by atoms with Gasteiger partial charge in [0.05, 0.1) is 29.8 Å². The number of likely N-dealkylation sites (N-methyl/N-ethyl adjacent to an activating group) is 1. The molecule has 0 radical (unpaired) electrons. The Morgan fingerprint density at radius 3 is 2.47 bits per heavy atom. The Bertz CT molecular complexity index is 1210. The van der Waals surface area contributed by atoms with Gasteiger partial charge >= 0.3 is 0 Å². The fourth-order valence-corrected chi connectivity index (χ4v) is 7.28. The summed E-state index contributed by atoms with van der Waals surface area (Å²) in [4.78, 5) is 15.5. The molecule has 0 unspecified atom stereocenters. The van der Waals surface area contributed by atoms with Crippen LogP contribution in [0.25, 0.3) is 6.08 Å². The Labute approximate surface area is 201 Å². The fraction of sp³-hybridized carbons (Fsp3) is 0.407. The highest BCUT2D eigenvalue weighted by Crippen LogP contribution is 2.44. The smallest absolute Gasteiger partial charge is 0.257 e. The van der Waals surface area contributed by atoms with Crippen LogP contribution in [0, 0.1) is 5.92 Å². The van der Waals surface area contributed by atoms with Crippen molar-refractivity contribution in [3.63, 3.8) is 0 Å². The molecule has 7 heteroatoms. The quantitative estimate of drug-likeness (QED) is 0.654. The van der Waals surface area contributed by atoms with Crippen molar-refractivity contribution in [2.24, 2.45) is 11.0 Å². The van der Waals surface area contributed by atoms with Gasteiger partial charge in [0.15, 0.2) is 9.84 Å². The second-order valence-electron chi connectivity index (χ2n) is 9.63. The number of sulfone groups is 1. The van der Waals surface area contributed by atoms with Gasteiger partial charge in [-0.15, -0.1) is 0 Å². The highest BCUT2D eigenvalue weighted by molar-refractivity contribution is 7.91. The monoisotopic (exact) mass is 477 g/mol. The number of carbonyl (C=O) groups excluding carboxylic acids is 1. The molecular weight excluding hydrogens is 446 g/mol. The van der Waals surface area contributed by atoms with Crippen LogP contribution in [0.4, 0.5) is 0 Å². The standard InChI is InChI=1S/C27H31N3O3S/c1-29(23-15-16-34(32,33)19-23)18-25(31)30-27(21-11-6-3-7-12-21)24-14-8-13-22(26(24)28-30)17-20-9-4-2-5-10-20/h2-7,9-12,17,23-24,27H,8,13-16,18-19H2,1H3/b22-17+/t23-,24-,27-/m0/s1. The molecule has 2 aromatic carbocycles. The van der Waals surface area contributed by atoms with Crippen LogP contribution in [0.15, 0.2) is 71.3 Å². The van der Waals surface area contributed by atoms with E-state index in [0.29, 0.717) is 6.42 Å². The first-order valence-corrected chi connectivity index (χ1v) is 13.9. The average molecular weight is 478 g/mol. The van der Waals surface area contributed by atoms with Gasteiger partial charge in [-0.05, 0) is 55.5 Å². The highest BCUT2D eigenvalue weighted by atomic mass is 32.2. The number of amides is 1. The van der Waals surface area contributed by atoms with E-state index in [2.05, 4.69) is 30.3 Å². The third-order valence-electron chi connectivity index (χ3n) is 7.26. The molecule has 0 spiro atoms. The maximum absolute atomic E-state index is 13.6. The number of hydrogen-bond acceptors (Lipinski definition) is 5. The van der Waals surface area contributed by atoms with Gasteiger partial charge < -0.3 is 0 Å². The molecule has 0 N–H and O–H groups in total. The van der Waals surface area contributed by atoms with Crippen LogP contribution < -0.4 is 0 Å². The molecular formula is C27H31N3O3S. The zero-order valence-corrected chi connectivity index (χ0v) is 20.3. The SMILES string of the molecule is CN(CC(=O)N1N=C2/C(=C/c3ccccc3)CCC[C@@H]2[C@@H]1c1ccccc1)[C@H]1CCS(=O)(=O)C1. The molecule has 2 fully saturated rings. The van der Waals surface area contributed by atoms with Gasteiger partial charge in [0.1, 0.15) is 0 Å². The minimum atomic E-state index is -3.00. The predicted molar refractivity (Wildman–Crippen MR) is 135 cm³/mol. The van der Waals surface area contributed by atoms with Gasteiger partial charge in [-0.3, -0.25) is 9.69 Å². The lowest BCUT2D eigenvalue weighted by atomic mass is 9.77. The van der Waals surface area contributed by atoms with Gasteiger partial charge in [0.25, 0.3) is 5.91 Å². The highest BCUT2D eigenvalue weighted by Gasteiger charge is 2.44. The fourth-order valence-electron chi connectivity index (χ4n) is 5.48. The lowest BCUT2D eigenvalue weighted by Gasteiger charge is -2.31. The number of allylic oxidation sites excluding steroid dienone is 1. The molecule has 178 valence electrons. The lowest BCUT2D eigenvalue weighted by Crippen LogP contribution is -2.42. The van der Waals surface area contributed by atoms with Gasteiger partial charge in [0.2, 0.25) is 0 Å². The number of benzene rings is 2. The number of rotatable bonds is 5. The summed E-state index contributed by atoms with van der Waals surface area (Å²) in [5.74, 6) is 0.402. The molecule has 5 rings (SSSR count). The Morgan fingerprint density at radius 2 is 1.79 bits per heavy atom. The van der Waals surface area contributed by atoms with Crippen LogP contribution in [0.3, 0.4) is 0 Å². The summed E-state index contributed by atoms with van der Waals surface area (Å²) in [6.07, 6.45) is 5.79. The minimum absolute atomic E-state index is 0.0818. The van der Waals surface area contributed by atoms with Gasteiger partial charge in [0, 0.05) is 12.0 Å². The van der Waals surface area contributed by atoms with E-state index in [0.717, 1.165) is 36.1 Å². The summed E-state index contributed by atoms with van der Waals surface area (Å²) in [5.41, 5.74) is 4.45.